The molecule has 0 amide bonds. The summed E-state index contributed by atoms with van der Waals surface area (Å²) >= 11 is 8.23. The third-order valence-corrected chi connectivity index (χ3v) is 4.51. The first-order chi connectivity index (χ1) is 8.52. The quantitative estimate of drug-likeness (QED) is 0.588. The first kappa shape index (κ1) is 13.5. The van der Waals surface area contributed by atoms with Crippen molar-refractivity contribution < 1.29 is 4.74 Å². The van der Waals surface area contributed by atoms with Gasteiger partial charge < -0.3 is 4.74 Å². The van der Waals surface area contributed by atoms with Gasteiger partial charge in [-0.25, -0.2) is 9.97 Å². The summed E-state index contributed by atoms with van der Waals surface area (Å²) in [6.07, 6.45) is 0. The van der Waals surface area contributed by atoms with Gasteiger partial charge in [0.1, 0.15) is 10.9 Å². The number of aromatic nitrogens is 2. The monoisotopic (exact) mass is 374 g/mol. The van der Waals surface area contributed by atoms with E-state index in [1.54, 1.807) is 7.11 Å². The lowest BCUT2D eigenvalue weighted by molar-refractivity contribution is 0.412. The van der Waals surface area contributed by atoms with Crippen LogP contribution in [0.15, 0.2) is 18.2 Å². The number of halogens is 2. The lowest BCUT2D eigenvalue weighted by Crippen LogP contribution is -1.97. The van der Waals surface area contributed by atoms with Crippen molar-refractivity contribution in [2.75, 3.05) is 7.11 Å². The Morgan fingerprint density at radius 2 is 1.94 bits per heavy atom. The fourth-order valence-corrected chi connectivity index (χ4v) is 2.13. The van der Waals surface area contributed by atoms with Crippen LogP contribution in [0.2, 0.25) is 5.15 Å². The summed E-state index contributed by atoms with van der Waals surface area (Å²) in [5.41, 5.74) is 2.87. The summed E-state index contributed by atoms with van der Waals surface area (Å²) in [4.78, 5) is 8.76. The minimum Gasteiger partial charge on any atom is -0.496 e. The van der Waals surface area contributed by atoms with E-state index in [9.17, 15) is 0 Å². The van der Waals surface area contributed by atoms with Crippen LogP contribution in [0, 0.1) is 17.4 Å². The maximum atomic E-state index is 6.08. The molecule has 5 heteroatoms. The van der Waals surface area contributed by atoms with Crippen LogP contribution in [-0.4, -0.2) is 17.1 Å². The van der Waals surface area contributed by atoms with Crippen molar-refractivity contribution in [1.82, 2.24) is 9.97 Å². The lowest BCUT2D eigenvalue weighted by atomic mass is 10.1. The highest BCUT2D eigenvalue weighted by atomic mass is 127. The van der Waals surface area contributed by atoms with E-state index in [0.29, 0.717) is 11.0 Å². The number of benzene rings is 1. The number of hydrogen-bond acceptors (Lipinski definition) is 3. The summed E-state index contributed by atoms with van der Waals surface area (Å²) in [7, 11) is 1.66. The third-order valence-electron chi connectivity index (χ3n) is 2.63. The second-order valence-corrected chi connectivity index (χ2v) is 5.36. The summed E-state index contributed by atoms with van der Waals surface area (Å²) < 4.78 is 6.13. The zero-order valence-electron chi connectivity index (χ0n) is 10.3. The minimum absolute atomic E-state index is 0.492. The van der Waals surface area contributed by atoms with E-state index in [2.05, 4.69) is 32.6 Å². The summed E-state index contributed by atoms with van der Waals surface area (Å²) in [5, 5.41) is 0.492. The first-order valence-electron chi connectivity index (χ1n) is 5.37. The molecular formula is C13H12ClIN2O. The van der Waals surface area contributed by atoms with Crippen molar-refractivity contribution in [3.63, 3.8) is 0 Å². The molecule has 0 spiro atoms. The highest BCUT2D eigenvalue weighted by Crippen LogP contribution is 2.27. The average Bonchev–Trinajstić information content (AvgIpc) is 2.35. The lowest BCUT2D eigenvalue weighted by Gasteiger charge is -2.08. The predicted octanol–water partition coefficient (Wildman–Crippen LogP) is 4.03. The fraction of sp³-hybridized carbons (Fsp3) is 0.231. The number of methoxy groups -OCH3 is 1. The molecule has 0 saturated carbocycles. The standard InChI is InChI=1S/C13H12ClIN2O/c1-7-6-9(4-5-10(7)18-3)13-16-8(2)11(15)12(14)17-13/h4-6H,1-3H3. The Kier molecular flexibility index (Phi) is 4.07. The van der Waals surface area contributed by atoms with Gasteiger partial charge in [0.15, 0.2) is 5.82 Å². The van der Waals surface area contributed by atoms with E-state index in [1.807, 2.05) is 32.0 Å². The second kappa shape index (κ2) is 5.40. The number of hydrogen-bond donors (Lipinski definition) is 0. The van der Waals surface area contributed by atoms with Gasteiger partial charge in [0.05, 0.1) is 16.4 Å². The summed E-state index contributed by atoms with van der Waals surface area (Å²) in [5.74, 6) is 1.50. The molecule has 1 aromatic carbocycles. The van der Waals surface area contributed by atoms with Crippen molar-refractivity contribution in [3.05, 3.63) is 38.2 Å². The molecule has 0 N–H and O–H groups in total. The smallest absolute Gasteiger partial charge is 0.161 e. The van der Waals surface area contributed by atoms with Crippen LogP contribution >= 0.6 is 34.2 Å². The van der Waals surface area contributed by atoms with Gasteiger partial charge in [-0.15, -0.1) is 0 Å². The SMILES string of the molecule is COc1ccc(-c2nc(C)c(I)c(Cl)n2)cc1C. The Bertz CT molecular complexity index is 579. The molecule has 0 atom stereocenters. The van der Waals surface area contributed by atoms with E-state index in [0.717, 1.165) is 26.1 Å². The molecule has 0 saturated heterocycles. The van der Waals surface area contributed by atoms with Crippen molar-refractivity contribution in [2.45, 2.75) is 13.8 Å². The van der Waals surface area contributed by atoms with E-state index in [1.165, 1.54) is 0 Å². The van der Waals surface area contributed by atoms with Crippen LogP contribution in [0.4, 0.5) is 0 Å². The molecule has 0 aliphatic heterocycles. The van der Waals surface area contributed by atoms with E-state index in [-0.39, 0.29) is 0 Å². The molecular weight excluding hydrogens is 363 g/mol. The van der Waals surface area contributed by atoms with Gasteiger partial charge in [0, 0.05) is 5.56 Å². The Hall–Kier alpha value is -0.880. The maximum Gasteiger partial charge on any atom is 0.161 e. The van der Waals surface area contributed by atoms with Crippen molar-refractivity contribution in [3.8, 4) is 17.1 Å². The molecule has 94 valence electrons. The first-order valence-corrected chi connectivity index (χ1v) is 6.83. The Labute approximate surface area is 125 Å². The van der Waals surface area contributed by atoms with Gasteiger partial charge in [-0.3, -0.25) is 0 Å². The fourth-order valence-electron chi connectivity index (χ4n) is 1.67. The number of nitrogens with zero attached hydrogens (tertiary/aromatic N) is 2. The van der Waals surface area contributed by atoms with Crippen molar-refractivity contribution in [2.24, 2.45) is 0 Å². The van der Waals surface area contributed by atoms with Crippen LogP contribution in [0.1, 0.15) is 11.3 Å². The van der Waals surface area contributed by atoms with Gasteiger partial charge in [-0.1, -0.05) is 11.6 Å². The molecule has 1 heterocycles. The molecule has 0 unspecified atom stereocenters. The Morgan fingerprint density at radius 3 is 2.50 bits per heavy atom. The topological polar surface area (TPSA) is 35.0 Å². The zero-order valence-corrected chi connectivity index (χ0v) is 13.2. The minimum atomic E-state index is 0.492. The van der Waals surface area contributed by atoms with Crippen molar-refractivity contribution >= 4 is 34.2 Å². The van der Waals surface area contributed by atoms with Gasteiger partial charge in [-0.05, 0) is 60.2 Å². The van der Waals surface area contributed by atoms with Crippen LogP contribution in [0.3, 0.4) is 0 Å². The van der Waals surface area contributed by atoms with Gasteiger partial charge in [0.25, 0.3) is 0 Å². The zero-order chi connectivity index (χ0) is 13.3. The molecule has 18 heavy (non-hydrogen) atoms. The van der Waals surface area contributed by atoms with Gasteiger partial charge >= 0.3 is 0 Å². The van der Waals surface area contributed by atoms with Crippen LogP contribution in [0.5, 0.6) is 5.75 Å². The highest BCUT2D eigenvalue weighted by molar-refractivity contribution is 14.1. The number of aryl methyl sites for hydroxylation is 2. The largest absolute Gasteiger partial charge is 0.496 e. The average molecular weight is 375 g/mol. The molecule has 0 radical (unpaired) electrons. The molecule has 2 rings (SSSR count). The predicted molar refractivity (Wildman–Crippen MR) is 81.2 cm³/mol. The Balaban J connectivity index is 2.52. The number of ether oxygens (including phenoxy) is 1. The molecule has 0 aliphatic carbocycles. The van der Waals surface area contributed by atoms with Crippen LogP contribution in [-0.2, 0) is 0 Å². The number of rotatable bonds is 2. The molecule has 2 aromatic rings. The van der Waals surface area contributed by atoms with Crippen LogP contribution in [0.25, 0.3) is 11.4 Å². The third kappa shape index (κ3) is 2.59. The molecule has 1 aromatic heterocycles. The van der Waals surface area contributed by atoms with Crippen molar-refractivity contribution in [1.29, 1.82) is 0 Å². The van der Waals surface area contributed by atoms with Gasteiger partial charge in [-0.2, -0.15) is 0 Å². The molecule has 3 nitrogen and oxygen atoms in total. The van der Waals surface area contributed by atoms with Gasteiger partial charge in [0.2, 0.25) is 0 Å². The molecule has 0 fully saturated rings. The maximum absolute atomic E-state index is 6.08. The normalized spacial score (nSPS) is 10.5. The summed E-state index contributed by atoms with van der Waals surface area (Å²) in [6.45, 7) is 3.92. The summed E-state index contributed by atoms with van der Waals surface area (Å²) in [6, 6.07) is 5.84. The highest BCUT2D eigenvalue weighted by Gasteiger charge is 2.10. The van der Waals surface area contributed by atoms with Crippen LogP contribution < -0.4 is 4.74 Å². The molecule has 0 aliphatic rings. The second-order valence-electron chi connectivity index (χ2n) is 3.92. The molecule has 0 bridgehead atoms. The van der Waals surface area contributed by atoms with E-state index < -0.39 is 0 Å². The van der Waals surface area contributed by atoms with E-state index >= 15 is 0 Å². The van der Waals surface area contributed by atoms with E-state index in [4.69, 9.17) is 16.3 Å². The Morgan fingerprint density at radius 1 is 1.22 bits per heavy atom.